The molecule has 408 valence electrons. The van der Waals surface area contributed by atoms with Crippen LogP contribution in [0.25, 0.3) is 0 Å². The third kappa shape index (κ3) is 46.9. The summed E-state index contributed by atoms with van der Waals surface area (Å²) in [4.78, 5) is 29.3. The molecule has 11 nitrogen and oxygen atoms in total. The van der Waals surface area contributed by atoms with Crippen LogP contribution < -0.4 is 0 Å². The quantitative estimate of drug-likeness (QED) is 0.136. The molecule has 7 rings (SSSR count). The van der Waals surface area contributed by atoms with E-state index in [2.05, 4.69) is 203 Å². The summed E-state index contributed by atoms with van der Waals surface area (Å²) in [7, 11) is 1.93. The van der Waals surface area contributed by atoms with Crippen molar-refractivity contribution >= 4 is 11.3 Å². The van der Waals surface area contributed by atoms with Gasteiger partial charge in [-0.25, -0.2) is 9.97 Å². The van der Waals surface area contributed by atoms with Crippen LogP contribution in [0.4, 0.5) is 0 Å². The Morgan fingerprint density at radius 3 is 1.32 bits per heavy atom. The topological polar surface area (TPSA) is 130 Å². The molecule has 0 radical (unpaired) electrons. The van der Waals surface area contributed by atoms with Crippen LogP contribution in [0.3, 0.4) is 0 Å². The Bertz CT molecular complexity index is 2000. The van der Waals surface area contributed by atoms with Crippen LogP contribution in [0.15, 0.2) is 84.8 Å². The molecule has 21 heteroatoms. The summed E-state index contributed by atoms with van der Waals surface area (Å²) in [6.45, 7) is 47.3. The second kappa shape index (κ2) is 48.8. The van der Waals surface area contributed by atoms with Gasteiger partial charge in [0.1, 0.15) is 12.1 Å². The van der Waals surface area contributed by atoms with Gasteiger partial charge in [0.2, 0.25) is 0 Å². The summed E-state index contributed by atoms with van der Waals surface area (Å²) in [6.07, 6.45) is 24.7. The zero-order valence-corrected chi connectivity index (χ0v) is 88.2. The molecule has 0 spiro atoms. The molecular weight excluding hydrogens is 2990 g/mol. The van der Waals surface area contributed by atoms with E-state index in [1.165, 1.54) is 22.4 Å². The maximum atomic E-state index is 5.28. The molecule has 7 heterocycles. The number of pyridine rings is 1. The van der Waals surface area contributed by atoms with E-state index in [4.69, 9.17) is 9.26 Å². The maximum absolute atomic E-state index is 5.28. The molecule has 1 saturated heterocycles. The number of hydrogen-bond donors (Lipinski definition) is 0. The molecule has 0 saturated carbocycles. The van der Waals surface area contributed by atoms with E-state index in [1.54, 1.807) is 42.5 Å². The number of rotatable bonds is 0. The molecule has 0 aliphatic carbocycles. The third-order valence-corrected chi connectivity index (χ3v) is 11.2. The normalized spacial score (nSPS) is 12.4. The van der Waals surface area contributed by atoms with Gasteiger partial charge in [-0.3, -0.25) is 21.3 Å². The number of nitrogens with zero attached hydrogens (tertiary/aromatic N) is 9. The van der Waals surface area contributed by atoms with Crippen LogP contribution in [-0.4, -0.2) is 57.8 Å². The Balaban J connectivity index is -0.0000000966. The first-order chi connectivity index (χ1) is 30.6. The smallest absolute Gasteiger partial charge is 0.142 e. The summed E-state index contributed by atoms with van der Waals surface area (Å²) in [5.74, 6) is 1.72. The molecular formula is C55H86N9O2SU9-3. The minimum atomic E-state index is 0. The SMILES string of the molecule is CC(C)(C)C1CCOC1.CC(C)(C)c1cc[c-]nc1.CC(C)(C)c1ccno1.CC(C)(C)c1cn[c-]s1.CC(C)(C)c1cnccn1.CC(C)(C)c1cncnc1.Cn1[c-]nc(C(C)(C)C)c1.[U].[U].[U].[U].[U].[U].[U].[U].[U]. The molecule has 1 unspecified atom stereocenters. The first-order valence-corrected chi connectivity index (χ1v) is 24.0. The summed E-state index contributed by atoms with van der Waals surface area (Å²) in [5, 5.41) is 3.61. The van der Waals surface area contributed by atoms with E-state index in [-0.39, 0.29) is 313 Å². The molecule has 1 aliphatic heterocycles. The standard InChI is InChI=1S/C9H12N.C8H13N2.2C8H12N2.C8H16O.C7H11NO.C7H10NS.9U/c1-9(2,3)8-5-4-6-10-7-8;1-8(2,3)7-5-10(4)6-9-7;1-8(2,3)7-4-9-6-10-5-7;1-8(2,3)7-6-9-4-5-10-7;1-8(2,3)7-4-5-9-6-7;1-7(2,3)6-4-5-8-9-6;1-7(2,3)6-4-8-5-9-6;;;;;;;;;/h4-5,7H,1-3H3;5H,1-4H3;2*4-6H,1-3H3;7H,4-6H2,1-3H3;4-5H,1-3H3;4H,1-3H3;;;;;;;;;/q2*-1;;;;;-1;;;;;;;;;. The van der Waals surface area contributed by atoms with Crippen LogP contribution >= 0.6 is 11.3 Å². The number of imidazole rings is 1. The second-order valence-electron chi connectivity index (χ2n) is 23.8. The maximum Gasteiger partial charge on any atom is 0.142 e. The summed E-state index contributed by atoms with van der Waals surface area (Å²) < 4.78 is 12.1. The fourth-order valence-electron chi connectivity index (χ4n) is 5.23. The van der Waals surface area contributed by atoms with E-state index in [0.29, 0.717) is 5.41 Å². The van der Waals surface area contributed by atoms with Crippen molar-refractivity contribution in [2.75, 3.05) is 13.2 Å². The van der Waals surface area contributed by atoms with Gasteiger partial charge in [-0.05, 0) is 46.7 Å². The second-order valence-corrected chi connectivity index (χ2v) is 24.7. The zero-order valence-electron chi connectivity index (χ0n) is 50.0. The third-order valence-electron chi connectivity index (χ3n) is 10.1. The van der Waals surface area contributed by atoms with Gasteiger partial charge in [-0.2, -0.15) is 12.1 Å². The minimum absolute atomic E-state index is 0. The zero-order chi connectivity index (χ0) is 51.3. The van der Waals surface area contributed by atoms with Crippen molar-refractivity contribution in [2.24, 2.45) is 18.4 Å². The summed E-state index contributed by atoms with van der Waals surface area (Å²) >= 11 is 1.59. The summed E-state index contributed by atoms with van der Waals surface area (Å²) in [6, 6.07) is 5.79. The van der Waals surface area contributed by atoms with Gasteiger partial charge in [0, 0.05) is 347 Å². The van der Waals surface area contributed by atoms with Gasteiger partial charge >= 0.3 is 0 Å². The average Bonchev–Trinajstić information content (AvgIpc) is 4.08. The van der Waals surface area contributed by atoms with Crippen LogP contribution in [0.5, 0.6) is 0 Å². The van der Waals surface area contributed by atoms with Crippen LogP contribution in [0, 0.1) is 309 Å². The fraction of sp³-hybridized carbons (Fsp3) is 0.600. The predicted molar refractivity (Wildman–Crippen MR) is 277 cm³/mol. The van der Waals surface area contributed by atoms with Gasteiger partial charge in [0.15, 0.2) is 0 Å². The molecule has 6 aromatic heterocycles. The van der Waals surface area contributed by atoms with Crippen molar-refractivity contribution in [3.63, 3.8) is 0 Å². The number of ether oxygens (including phenoxy) is 1. The van der Waals surface area contributed by atoms with Gasteiger partial charge in [0.25, 0.3) is 0 Å². The first-order valence-electron chi connectivity index (χ1n) is 23.2. The Morgan fingerprint density at radius 1 is 0.553 bits per heavy atom. The molecule has 0 bridgehead atoms. The summed E-state index contributed by atoms with van der Waals surface area (Å²) in [5.41, 5.74) is 8.83. The first kappa shape index (κ1) is 99.8. The molecule has 1 fully saturated rings. The Labute approximate surface area is 679 Å². The van der Waals surface area contributed by atoms with Crippen molar-refractivity contribution in [1.82, 2.24) is 44.6 Å². The van der Waals surface area contributed by atoms with E-state index in [0.717, 1.165) is 36.3 Å². The van der Waals surface area contributed by atoms with E-state index >= 15 is 0 Å². The van der Waals surface area contributed by atoms with Gasteiger partial charge in [-0.1, -0.05) is 179 Å². The Hall–Kier alpha value is 4.79. The Kier molecular flexibility index (Phi) is 64.0. The van der Waals surface area contributed by atoms with E-state index < -0.39 is 0 Å². The molecule has 0 amide bonds. The minimum Gasteiger partial charge on any atom is -0.456 e. The molecule has 0 N–H and O–H groups in total. The van der Waals surface area contributed by atoms with Gasteiger partial charge < -0.3 is 28.8 Å². The van der Waals surface area contributed by atoms with Crippen molar-refractivity contribution in [1.29, 1.82) is 0 Å². The van der Waals surface area contributed by atoms with E-state index in [1.807, 2.05) is 60.8 Å². The van der Waals surface area contributed by atoms with Crippen molar-refractivity contribution in [3.05, 3.63) is 131 Å². The van der Waals surface area contributed by atoms with Crippen LogP contribution in [0.1, 0.15) is 185 Å². The number of aromatic nitrogens is 9. The average molecular weight is 3080 g/mol. The van der Waals surface area contributed by atoms with Crippen LogP contribution in [0.2, 0.25) is 0 Å². The molecule has 1 aliphatic rings. The molecule has 76 heavy (non-hydrogen) atoms. The Morgan fingerprint density at radius 2 is 1.09 bits per heavy atom. The largest absolute Gasteiger partial charge is 0.456 e. The molecule has 1 atom stereocenters. The van der Waals surface area contributed by atoms with Crippen LogP contribution in [-0.2, 0) is 44.3 Å². The number of aryl methyl sites for hydroxylation is 1. The fourth-order valence-corrected chi connectivity index (χ4v) is 5.84. The van der Waals surface area contributed by atoms with Crippen molar-refractivity contribution in [2.45, 2.75) is 184 Å². The van der Waals surface area contributed by atoms with Gasteiger partial charge in [0.05, 0.1) is 11.9 Å². The monoisotopic (exact) mass is 3080 g/mol. The number of thiazole rings is 1. The van der Waals surface area contributed by atoms with Crippen molar-refractivity contribution in [3.8, 4) is 0 Å². The van der Waals surface area contributed by atoms with E-state index in [9.17, 15) is 0 Å². The predicted octanol–water partition coefficient (Wildman–Crippen LogP) is 13.5. The molecule has 0 aromatic carbocycles. The molecule has 6 aromatic rings. The van der Waals surface area contributed by atoms with Crippen molar-refractivity contribution < 1.29 is 289 Å². The number of hydrogen-bond acceptors (Lipinski definition) is 11. The van der Waals surface area contributed by atoms with Gasteiger partial charge in [-0.15, -0.1) is 22.8 Å².